The molecule has 2 aromatic heterocycles. The molecule has 5 rings (SSSR count). The zero-order valence-corrected chi connectivity index (χ0v) is 18.6. The summed E-state index contributed by atoms with van der Waals surface area (Å²) in [6.45, 7) is 0.541. The van der Waals surface area contributed by atoms with Crippen molar-refractivity contribution >= 4 is 28.8 Å². The molecule has 1 saturated heterocycles. The van der Waals surface area contributed by atoms with Crippen LogP contribution in [0.3, 0.4) is 0 Å². The molecule has 6 nitrogen and oxygen atoms in total. The van der Waals surface area contributed by atoms with Crippen molar-refractivity contribution in [3.63, 3.8) is 0 Å². The quantitative estimate of drug-likeness (QED) is 0.432. The van der Waals surface area contributed by atoms with Crippen molar-refractivity contribution in [2.24, 2.45) is 0 Å². The van der Waals surface area contributed by atoms with Crippen LogP contribution in [0.15, 0.2) is 71.6 Å². The number of nitrogens with zero attached hydrogens (tertiary/aromatic N) is 3. The third-order valence-electron chi connectivity index (χ3n) is 5.44. The van der Waals surface area contributed by atoms with Crippen LogP contribution in [0.5, 0.6) is 5.75 Å². The van der Waals surface area contributed by atoms with Gasteiger partial charge in [-0.1, -0.05) is 23.7 Å². The molecule has 162 valence electrons. The van der Waals surface area contributed by atoms with E-state index in [1.165, 1.54) is 0 Å². The van der Waals surface area contributed by atoms with Crippen LogP contribution in [0.1, 0.15) is 17.4 Å². The standard InChI is InChI=1S/C24H20ClN3O3S/c25-18-3-5-19(6-4-18)28-13-21(23(26-28)17-10-12-32-15-17)24-27(22(30)14-31-24)11-9-16-1-7-20(29)8-2-16/h1-8,10,12-13,15,24,29H,9,11,14H2. The molecule has 1 N–H and O–H groups in total. The van der Waals surface area contributed by atoms with Crippen molar-refractivity contribution in [3.8, 4) is 22.7 Å². The van der Waals surface area contributed by atoms with Crippen LogP contribution in [0.25, 0.3) is 16.9 Å². The van der Waals surface area contributed by atoms with Gasteiger partial charge in [0.05, 0.1) is 5.69 Å². The van der Waals surface area contributed by atoms with Gasteiger partial charge in [0.1, 0.15) is 18.1 Å². The number of hydrogen-bond donors (Lipinski definition) is 1. The molecule has 8 heteroatoms. The number of rotatable bonds is 6. The van der Waals surface area contributed by atoms with Gasteiger partial charge >= 0.3 is 0 Å². The Hall–Kier alpha value is -3.13. The van der Waals surface area contributed by atoms with E-state index in [1.807, 2.05) is 59.4 Å². The first-order valence-corrected chi connectivity index (χ1v) is 11.5. The number of amides is 1. The number of ether oxygens (including phenoxy) is 1. The summed E-state index contributed by atoms with van der Waals surface area (Å²) in [6, 6.07) is 16.5. The van der Waals surface area contributed by atoms with Crippen LogP contribution in [-0.4, -0.2) is 38.8 Å². The van der Waals surface area contributed by atoms with Crippen LogP contribution >= 0.6 is 22.9 Å². The minimum absolute atomic E-state index is 0.0371. The van der Waals surface area contributed by atoms with Gasteiger partial charge < -0.3 is 14.7 Å². The molecule has 0 spiro atoms. The Balaban J connectivity index is 1.48. The zero-order valence-electron chi connectivity index (χ0n) is 17.0. The molecule has 1 fully saturated rings. The van der Waals surface area contributed by atoms with Gasteiger partial charge in [-0.15, -0.1) is 0 Å². The Labute approximate surface area is 194 Å². The molecule has 1 amide bonds. The highest BCUT2D eigenvalue weighted by atomic mass is 35.5. The molecule has 0 saturated carbocycles. The lowest BCUT2D eigenvalue weighted by molar-refractivity contribution is -0.128. The Morgan fingerprint density at radius 2 is 1.91 bits per heavy atom. The van der Waals surface area contributed by atoms with E-state index in [0.29, 0.717) is 18.0 Å². The van der Waals surface area contributed by atoms with E-state index in [-0.39, 0.29) is 18.3 Å². The lowest BCUT2D eigenvalue weighted by Gasteiger charge is -2.23. The summed E-state index contributed by atoms with van der Waals surface area (Å²) < 4.78 is 7.74. The SMILES string of the molecule is O=C1COC(c2cn(-c3ccc(Cl)cc3)nc2-c2ccsc2)N1CCc1ccc(O)cc1. The molecule has 0 bridgehead atoms. The third-order valence-corrected chi connectivity index (χ3v) is 6.38. The van der Waals surface area contributed by atoms with Crippen molar-refractivity contribution in [1.82, 2.24) is 14.7 Å². The van der Waals surface area contributed by atoms with E-state index in [9.17, 15) is 9.90 Å². The lowest BCUT2D eigenvalue weighted by atomic mass is 10.1. The molecule has 1 unspecified atom stereocenters. The predicted molar refractivity (Wildman–Crippen MR) is 124 cm³/mol. The van der Waals surface area contributed by atoms with Crippen molar-refractivity contribution in [2.45, 2.75) is 12.6 Å². The highest BCUT2D eigenvalue weighted by molar-refractivity contribution is 7.08. The molecule has 3 heterocycles. The van der Waals surface area contributed by atoms with Crippen molar-refractivity contribution < 1.29 is 14.6 Å². The fourth-order valence-electron chi connectivity index (χ4n) is 3.78. The fraction of sp³-hybridized carbons (Fsp3) is 0.167. The second-order valence-corrected chi connectivity index (χ2v) is 8.75. The van der Waals surface area contributed by atoms with Crippen molar-refractivity contribution in [3.05, 3.63) is 87.7 Å². The molecule has 1 aliphatic rings. The summed E-state index contributed by atoms with van der Waals surface area (Å²) in [5.41, 5.74) is 4.53. The molecule has 32 heavy (non-hydrogen) atoms. The Kier molecular flexibility index (Phi) is 5.70. The Bertz CT molecular complexity index is 1220. The second kappa shape index (κ2) is 8.78. The average molecular weight is 466 g/mol. The maximum absolute atomic E-state index is 12.7. The van der Waals surface area contributed by atoms with Gasteiger partial charge in [-0.2, -0.15) is 16.4 Å². The first kappa shape index (κ1) is 20.8. The molecule has 1 atom stereocenters. The minimum atomic E-state index is -0.518. The van der Waals surface area contributed by atoms with Gasteiger partial charge in [0, 0.05) is 34.3 Å². The summed E-state index contributed by atoms with van der Waals surface area (Å²) in [4.78, 5) is 14.4. The molecular weight excluding hydrogens is 446 g/mol. The Morgan fingerprint density at radius 3 is 2.62 bits per heavy atom. The van der Waals surface area contributed by atoms with Gasteiger partial charge in [0.2, 0.25) is 0 Å². The third kappa shape index (κ3) is 4.14. The number of benzene rings is 2. The van der Waals surface area contributed by atoms with Crippen LogP contribution in [-0.2, 0) is 16.0 Å². The summed E-state index contributed by atoms with van der Waals surface area (Å²) >= 11 is 7.64. The topological polar surface area (TPSA) is 67.6 Å². The molecule has 4 aromatic rings. The van der Waals surface area contributed by atoms with Crippen LogP contribution in [0, 0.1) is 0 Å². The molecule has 0 aliphatic carbocycles. The number of aromatic nitrogens is 2. The number of hydrogen-bond acceptors (Lipinski definition) is 5. The van der Waals surface area contributed by atoms with Crippen molar-refractivity contribution in [2.75, 3.05) is 13.2 Å². The van der Waals surface area contributed by atoms with Gasteiger partial charge in [-0.05, 0) is 59.8 Å². The van der Waals surface area contributed by atoms with E-state index in [1.54, 1.807) is 33.1 Å². The molecule has 0 radical (unpaired) electrons. The summed E-state index contributed by atoms with van der Waals surface area (Å²) in [6.07, 6.45) is 2.06. The summed E-state index contributed by atoms with van der Waals surface area (Å²) in [5, 5.41) is 19.0. The van der Waals surface area contributed by atoms with E-state index >= 15 is 0 Å². The van der Waals surface area contributed by atoms with Crippen LogP contribution < -0.4 is 0 Å². The smallest absolute Gasteiger partial charge is 0.250 e. The van der Waals surface area contributed by atoms with Crippen molar-refractivity contribution in [1.29, 1.82) is 0 Å². The molecule has 1 aliphatic heterocycles. The fourth-order valence-corrected chi connectivity index (χ4v) is 4.55. The zero-order chi connectivity index (χ0) is 22.1. The van der Waals surface area contributed by atoms with E-state index in [4.69, 9.17) is 21.4 Å². The van der Waals surface area contributed by atoms with E-state index in [0.717, 1.165) is 28.1 Å². The number of aromatic hydroxyl groups is 1. The largest absolute Gasteiger partial charge is 0.508 e. The first-order chi connectivity index (χ1) is 15.6. The highest BCUT2D eigenvalue weighted by Gasteiger charge is 2.36. The number of carbonyl (C=O) groups excluding carboxylic acids is 1. The van der Waals surface area contributed by atoms with Crippen LogP contribution in [0.4, 0.5) is 0 Å². The second-order valence-electron chi connectivity index (χ2n) is 7.53. The minimum Gasteiger partial charge on any atom is -0.508 e. The van der Waals surface area contributed by atoms with E-state index in [2.05, 4.69) is 0 Å². The van der Waals surface area contributed by atoms with Gasteiger partial charge in [-0.3, -0.25) is 4.79 Å². The number of phenolic OH excluding ortho intramolecular Hbond substituents is 1. The maximum Gasteiger partial charge on any atom is 0.250 e. The molecule has 2 aromatic carbocycles. The van der Waals surface area contributed by atoms with Gasteiger partial charge in [0.25, 0.3) is 5.91 Å². The number of carbonyl (C=O) groups is 1. The first-order valence-electron chi connectivity index (χ1n) is 10.2. The highest BCUT2D eigenvalue weighted by Crippen LogP contribution is 2.36. The van der Waals surface area contributed by atoms with Gasteiger partial charge in [0.15, 0.2) is 6.23 Å². The summed E-state index contributed by atoms with van der Waals surface area (Å²) in [7, 11) is 0. The molecular formula is C24H20ClN3O3S. The van der Waals surface area contributed by atoms with Crippen LogP contribution in [0.2, 0.25) is 5.02 Å². The number of thiophene rings is 1. The predicted octanol–water partition coefficient (Wildman–Crippen LogP) is 5.06. The number of halogens is 1. The summed E-state index contributed by atoms with van der Waals surface area (Å²) in [5.74, 6) is 0.173. The maximum atomic E-state index is 12.7. The normalized spacial score (nSPS) is 16.1. The monoisotopic (exact) mass is 465 g/mol. The lowest BCUT2D eigenvalue weighted by Crippen LogP contribution is -2.30. The number of phenols is 1. The Morgan fingerprint density at radius 1 is 1.12 bits per heavy atom. The average Bonchev–Trinajstić information content (AvgIpc) is 3.53. The van der Waals surface area contributed by atoms with Gasteiger partial charge in [-0.25, -0.2) is 4.68 Å². The van der Waals surface area contributed by atoms with E-state index < -0.39 is 6.23 Å².